The summed E-state index contributed by atoms with van der Waals surface area (Å²) in [7, 11) is 0. The van der Waals surface area contributed by atoms with Gasteiger partial charge in [-0.25, -0.2) is 0 Å². The molecule has 1 N–H and O–H groups in total. The highest BCUT2D eigenvalue weighted by molar-refractivity contribution is 5.67. The number of hydrogen-bond acceptors (Lipinski definition) is 6. The van der Waals surface area contributed by atoms with E-state index in [0.29, 0.717) is 37.2 Å². The Morgan fingerprint density at radius 3 is 2.97 bits per heavy atom. The molecule has 3 aromatic rings. The SMILES string of the molecule is O=c1[nH]c2c(cc1-c1noc(/C=C/c3cccc(OC4CCCC4)c3)n1)COCC2. The predicted molar refractivity (Wildman–Crippen MR) is 112 cm³/mol. The number of pyridine rings is 1. The topological polar surface area (TPSA) is 90.2 Å². The number of nitrogens with one attached hydrogen (secondary N) is 1. The van der Waals surface area contributed by atoms with E-state index in [1.807, 2.05) is 30.3 Å². The molecule has 30 heavy (non-hydrogen) atoms. The van der Waals surface area contributed by atoms with Gasteiger partial charge in [0.25, 0.3) is 11.4 Å². The first-order valence-corrected chi connectivity index (χ1v) is 10.4. The van der Waals surface area contributed by atoms with Gasteiger partial charge < -0.3 is 19.0 Å². The molecule has 2 aliphatic rings. The van der Waals surface area contributed by atoms with Crippen molar-refractivity contribution in [1.82, 2.24) is 15.1 Å². The number of aromatic amines is 1. The van der Waals surface area contributed by atoms with Gasteiger partial charge in [0, 0.05) is 18.2 Å². The van der Waals surface area contributed by atoms with Crippen LogP contribution in [0.2, 0.25) is 0 Å². The van der Waals surface area contributed by atoms with Crippen molar-refractivity contribution in [3.8, 4) is 17.1 Å². The molecule has 0 bridgehead atoms. The minimum Gasteiger partial charge on any atom is -0.490 e. The molecule has 7 nitrogen and oxygen atoms in total. The lowest BCUT2D eigenvalue weighted by atomic mass is 10.1. The fourth-order valence-electron chi connectivity index (χ4n) is 3.96. The van der Waals surface area contributed by atoms with Gasteiger partial charge in [-0.3, -0.25) is 4.79 Å². The molecule has 0 radical (unpaired) electrons. The van der Waals surface area contributed by atoms with Crippen molar-refractivity contribution in [1.29, 1.82) is 0 Å². The van der Waals surface area contributed by atoms with Gasteiger partial charge in [-0.1, -0.05) is 17.3 Å². The van der Waals surface area contributed by atoms with Crippen LogP contribution in [0.3, 0.4) is 0 Å². The second-order valence-corrected chi connectivity index (χ2v) is 7.70. The summed E-state index contributed by atoms with van der Waals surface area (Å²) < 4.78 is 16.8. The molecule has 0 saturated heterocycles. The van der Waals surface area contributed by atoms with Crippen LogP contribution < -0.4 is 10.3 Å². The fraction of sp³-hybridized carbons (Fsp3) is 0.348. The Bertz CT molecular complexity index is 1130. The van der Waals surface area contributed by atoms with E-state index in [4.69, 9.17) is 14.0 Å². The number of hydrogen-bond donors (Lipinski definition) is 1. The van der Waals surface area contributed by atoms with E-state index in [-0.39, 0.29) is 11.4 Å². The first-order valence-electron chi connectivity index (χ1n) is 10.4. The van der Waals surface area contributed by atoms with Crippen LogP contribution in [-0.4, -0.2) is 27.8 Å². The van der Waals surface area contributed by atoms with Crippen LogP contribution >= 0.6 is 0 Å². The van der Waals surface area contributed by atoms with Crippen LogP contribution in [0.15, 0.2) is 39.6 Å². The van der Waals surface area contributed by atoms with E-state index in [0.717, 1.165) is 35.4 Å². The quantitative estimate of drug-likeness (QED) is 0.690. The maximum atomic E-state index is 12.4. The van der Waals surface area contributed by atoms with E-state index in [2.05, 4.69) is 15.1 Å². The Balaban J connectivity index is 1.33. The third-order valence-corrected chi connectivity index (χ3v) is 5.53. The number of nitrogens with zero attached hydrogens (tertiary/aromatic N) is 2. The molecule has 1 aliphatic heterocycles. The summed E-state index contributed by atoms with van der Waals surface area (Å²) in [5, 5.41) is 3.97. The molecule has 2 aromatic heterocycles. The number of rotatable bonds is 5. The average molecular weight is 405 g/mol. The Labute approximate surface area is 173 Å². The van der Waals surface area contributed by atoms with Crippen LogP contribution in [0.4, 0.5) is 0 Å². The maximum Gasteiger partial charge on any atom is 0.259 e. The highest BCUT2D eigenvalue weighted by Crippen LogP contribution is 2.25. The first-order chi connectivity index (χ1) is 14.7. The van der Waals surface area contributed by atoms with Crippen molar-refractivity contribution in [3.63, 3.8) is 0 Å². The molecule has 1 saturated carbocycles. The monoisotopic (exact) mass is 405 g/mol. The second kappa shape index (κ2) is 8.28. The summed E-state index contributed by atoms with van der Waals surface area (Å²) in [6.07, 6.45) is 9.38. The largest absolute Gasteiger partial charge is 0.490 e. The average Bonchev–Trinajstić information content (AvgIpc) is 3.44. The Morgan fingerprint density at radius 1 is 1.17 bits per heavy atom. The van der Waals surface area contributed by atoms with Gasteiger partial charge in [-0.2, -0.15) is 4.98 Å². The number of H-pyrrole nitrogens is 1. The standard InChI is InChI=1S/C23H23N3O4/c27-23-19(13-16-14-28-11-10-20(16)24-23)22-25-21(30-26-22)9-8-15-4-3-7-18(12-15)29-17-5-1-2-6-17/h3-4,7-9,12-13,17H,1-2,5-6,10-11,14H2,(H,24,27)/b9-8+. The van der Waals surface area contributed by atoms with Crippen molar-refractivity contribution in [2.75, 3.05) is 6.61 Å². The molecule has 0 atom stereocenters. The lowest BCUT2D eigenvalue weighted by Crippen LogP contribution is -2.19. The van der Waals surface area contributed by atoms with Gasteiger partial charge in [0.1, 0.15) is 5.75 Å². The number of aromatic nitrogens is 3. The Hall–Kier alpha value is -3.19. The van der Waals surface area contributed by atoms with Gasteiger partial charge in [-0.05, 0) is 61.1 Å². The smallest absolute Gasteiger partial charge is 0.259 e. The van der Waals surface area contributed by atoms with E-state index in [9.17, 15) is 4.79 Å². The van der Waals surface area contributed by atoms with Gasteiger partial charge in [0.05, 0.1) is 24.9 Å². The summed E-state index contributed by atoms with van der Waals surface area (Å²) >= 11 is 0. The summed E-state index contributed by atoms with van der Waals surface area (Å²) in [6.45, 7) is 1.09. The third kappa shape index (κ3) is 4.07. The van der Waals surface area contributed by atoms with Crippen molar-refractivity contribution < 1.29 is 14.0 Å². The summed E-state index contributed by atoms with van der Waals surface area (Å²) in [6, 6.07) is 9.73. The number of fused-ring (bicyclic) bond motifs is 1. The van der Waals surface area contributed by atoms with Crippen molar-refractivity contribution in [3.05, 3.63) is 63.4 Å². The fourth-order valence-corrected chi connectivity index (χ4v) is 3.96. The molecule has 154 valence electrons. The van der Waals surface area contributed by atoms with Gasteiger partial charge >= 0.3 is 0 Å². The van der Waals surface area contributed by atoms with Crippen molar-refractivity contribution in [2.24, 2.45) is 0 Å². The van der Waals surface area contributed by atoms with Crippen LogP contribution in [0.1, 0.15) is 48.4 Å². The number of ether oxygens (including phenoxy) is 2. The second-order valence-electron chi connectivity index (χ2n) is 7.70. The van der Waals surface area contributed by atoms with E-state index < -0.39 is 0 Å². The van der Waals surface area contributed by atoms with Crippen LogP contribution in [-0.2, 0) is 17.8 Å². The van der Waals surface area contributed by atoms with E-state index in [1.165, 1.54) is 12.8 Å². The molecule has 0 amide bonds. The molecule has 1 aliphatic carbocycles. The molecular weight excluding hydrogens is 382 g/mol. The van der Waals surface area contributed by atoms with Crippen molar-refractivity contribution >= 4 is 12.2 Å². The van der Waals surface area contributed by atoms with Crippen LogP contribution in [0.5, 0.6) is 5.75 Å². The highest BCUT2D eigenvalue weighted by Gasteiger charge is 2.18. The normalized spacial score (nSPS) is 16.8. The summed E-state index contributed by atoms with van der Waals surface area (Å²) in [5.74, 6) is 1.47. The zero-order chi connectivity index (χ0) is 20.3. The Kier molecular flexibility index (Phi) is 5.19. The molecule has 7 heteroatoms. The number of benzene rings is 1. The minimum absolute atomic E-state index is 0.219. The molecule has 5 rings (SSSR count). The van der Waals surface area contributed by atoms with Gasteiger partial charge in [0.2, 0.25) is 5.82 Å². The van der Waals surface area contributed by atoms with Gasteiger partial charge in [0.15, 0.2) is 0 Å². The zero-order valence-corrected chi connectivity index (χ0v) is 16.6. The lowest BCUT2D eigenvalue weighted by molar-refractivity contribution is 0.109. The lowest BCUT2D eigenvalue weighted by Gasteiger charge is -2.15. The zero-order valence-electron chi connectivity index (χ0n) is 16.6. The molecule has 0 spiro atoms. The van der Waals surface area contributed by atoms with E-state index in [1.54, 1.807) is 12.1 Å². The summed E-state index contributed by atoms with van der Waals surface area (Å²) in [4.78, 5) is 19.7. The molecular formula is C23H23N3O4. The Morgan fingerprint density at radius 2 is 2.07 bits per heavy atom. The minimum atomic E-state index is -0.219. The van der Waals surface area contributed by atoms with Gasteiger partial charge in [-0.15, -0.1) is 0 Å². The summed E-state index contributed by atoms with van der Waals surface area (Å²) in [5.41, 5.74) is 3.02. The molecule has 0 unspecified atom stereocenters. The third-order valence-electron chi connectivity index (χ3n) is 5.53. The maximum absolute atomic E-state index is 12.4. The molecule has 1 fully saturated rings. The van der Waals surface area contributed by atoms with Crippen LogP contribution in [0, 0.1) is 0 Å². The highest BCUT2D eigenvalue weighted by atomic mass is 16.5. The van der Waals surface area contributed by atoms with E-state index >= 15 is 0 Å². The van der Waals surface area contributed by atoms with Crippen molar-refractivity contribution in [2.45, 2.75) is 44.8 Å². The predicted octanol–water partition coefficient (Wildman–Crippen LogP) is 3.99. The molecule has 1 aromatic carbocycles. The first kappa shape index (κ1) is 18.8. The van der Waals surface area contributed by atoms with Crippen LogP contribution in [0.25, 0.3) is 23.5 Å². The molecule has 3 heterocycles.